The van der Waals surface area contributed by atoms with E-state index in [1.165, 1.54) is 12.1 Å². The summed E-state index contributed by atoms with van der Waals surface area (Å²) in [6, 6.07) is 4.80. The Morgan fingerprint density at radius 3 is 2.64 bits per heavy atom. The Bertz CT molecular complexity index is 309. The van der Waals surface area contributed by atoms with Crippen LogP contribution < -0.4 is 0 Å². The molecule has 4 heteroatoms. The third-order valence-corrected chi connectivity index (χ3v) is 2.25. The lowest BCUT2D eigenvalue weighted by Crippen LogP contribution is -1.86. The Morgan fingerprint density at radius 1 is 1.55 bits per heavy atom. The van der Waals surface area contributed by atoms with Crippen molar-refractivity contribution in [2.75, 3.05) is 0 Å². The van der Waals surface area contributed by atoms with Crippen molar-refractivity contribution in [1.29, 1.82) is 5.26 Å². The summed E-state index contributed by atoms with van der Waals surface area (Å²) in [6.07, 6.45) is 0. The molecule has 1 aromatic carbocycles. The first-order chi connectivity index (χ1) is 5.15. The minimum absolute atomic E-state index is 0.216. The van der Waals surface area contributed by atoms with Crippen LogP contribution in [0.4, 0.5) is 4.39 Å². The smallest absolute Gasteiger partial charge is 0.149 e. The zero-order valence-electron chi connectivity index (χ0n) is 5.31. The molecule has 0 amide bonds. The van der Waals surface area contributed by atoms with Gasteiger partial charge in [-0.3, -0.25) is 0 Å². The van der Waals surface area contributed by atoms with Crippen LogP contribution in [0.1, 0.15) is 5.56 Å². The van der Waals surface area contributed by atoms with Gasteiger partial charge in [0.2, 0.25) is 0 Å². The van der Waals surface area contributed by atoms with Gasteiger partial charge < -0.3 is 0 Å². The van der Waals surface area contributed by atoms with Crippen molar-refractivity contribution in [3.63, 3.8) is 0 Å². The zero-order chi connectivity index (χ0) is 8.43. The molecule has 0 aliphatic rings. The van der Waals surface area contributed by atoms with Crippen molar-refractivity contribution in [3.05, 3.63) is 27.1 Å². The Morgan fingerprint density at radius 2 is 2.18 bits per heavy atom. The predicted octanol–water partition coefficient (Wildman–Crippen LogP) is 2.59. The zero-order valence-corrected chi connectivity index (χ0v) is 8.36. The van der Waals surface area contributed by atoms with Gasteiger partial charge in [0.15, 0.2) is 0 Å². The molecule has 0 saturated heterocycles. The molecule has 0 aliphatic carbocycles. The van der Waals surface area contributed by atoms with Gasteiger partial charge in [-0.15, -0.1) is 12.6 Å². The second-order valence-electron chi connectivity index (χ2n) is 1.90. The highest BCUT2D eigenvalue weighted by molar-refractivity contribution is 14.1. The van der Waals surface area contributed by atoms with Crippen LogP contribution in [0.3, 0.4) is 0 Å². The topological polar surface area (TPSA) is 23.8 Å². The Labute approximate surface area is 82.8 Å². The lowest BCUT2D eigenvalue weighted by molar-refractivity contribution is 0.594. The summed E-state index contributed by atoms with van der Waals surface area (Å²) in [7, 11) is 0. The number of rotatable bonds is 0. The van der Waals surface area contributed by atoms with Crippen LogP contribution in [0.2, 0.25) is 0 Å². The molecule has 1 rings (SSSR count). The molecule has 0 bridgehead atoms. The van der Waals surface area contributed by atoms with Crippen molar-refractivity contribution < 1.29 is 4.39 Å². The summed E-state index contributed by atoms with van der Waals surface area (Å²) in [4.78, 5) is 0.216. The van der Waals surface area contributed by atoms with Gasteiger partial charge in [-0.05, 0) is 34.7 Å². The van der Waals surface area contributed by atoms with E-state index in [0.717, 1.165) is 0 Å². The summed E-state index contributed by atoms with van der Waals surface area (Å²) in [5.41, 5.74) is 0.431. The van der Waals surface area contributed by atoms with Crippen molar-refractivity contribution in [3.8, 4) is 6.07 Å². The van der Waals surface area contributed by atoms with E-state index in [1.807, 2.05) is 28.7 Å². The second kappa shape index (κ2) is 3.41. The molecule has 0 N–H and O–H groups in total. The number of benzene rings is 1. The average Bonchev–Trinajstić information content (AvgIpc) is 1.99. The molecule has 11 heavy (non-hydrogen) atoms. The molecule has 0 aliphatic heterocycles. The normalized spacial score (nSPS) is 9.27. The van der Waals surface area contributed by atoms with Gasteiger partial charge in [0.25, 0.3) is 0 Å². The van der Waals surface area contributed by atoms with Gasteiger partial charge in [0, 0.05) is 4.90 Å². The number of hydrogen-bond acceptors (Lipinski definition) is 2. The standard InChI is InChI=1S/C7H3FINS/c8-7-5(9)1-4(3-10)2-6(7)11/h1-2,11H. The van der Waals surface area contributed by atoms with Crippen LogP contribution in [-0.2, 0) is 0 Å². The van der Waals surface area contributed by atoms with Gasteiger partial charge in [0.05, 0.1) is 15.2 Å². The summed E-state index contributed by atoms with van der Waals surface area (Å²) < 4.78 is 13.3. The highest BCUT2D eigenvalue weighted by Crippen LogP contribution is 2.20. The summed E-state index contributed by atoms with van der Waals surface area (Å²) >= 11 is 5.68. The first-order valence-electron chi connectivity index (χ1n) is 2.73. The van der Waals surface area contributed by atoms with Crippen molar-refractivity contribution in [1.82, 2.24) is 0 Å². The first-order valence-corrected chi connectivity index (χ1v) is 4.26. The van der Waals surface area contributed by atoms with Gasteiger partial charge in [-0.2, -0.15) is 5.26 Å². The SMILES string of the molecule is N#Cc1cc(S)c(F)c(I)c1. The third-order valence-electron chi connectivity index (χ3n) is 1.14. The maximum atomic E-state index is 12.9. The molecule has 0 saturated carbocycles. The number of nitriles is 1. The van der Waals surface area contributed by atoms with E-state index in [0.29, 0.717) is 9.13 Å². The second-order valence-corrected chi connectivity index (χ2v) is 3.55. The molecule has 0 aromatic heterocycles. The first kappa shape index (κ1) is 8.81. The van der Waals surface area contributed by atoms with Gasteiger partial charge in [0.1, 0.15) is 5.82 Å². The Kier molecular flexibility index (Phi) is 2.73. The average molecular weight is 279 g/mol. The molecular formula is C7H3FINS. The molecule has 0 fully saturated rings. The monoisotopic (exact) mass is 279 g/mol. The molecule has 56 valence electrons. The predicted molar refractivity (Wildman–Crippen MR) is 51.1 cm³/mol. The van der Waals surface area contributed by atoms with Crippen LogP contribution in [0.15, 0.2) is 17.0 Å². The number of halogens is 2. The number of thiol groups is 1. The highest BCUT2D eigenvalue weighted by Gasteiger charge is 2.04. The molecule has 1 aromatic rings. The number of nitrogens with zero attached hydrogens (tertiary/aromatic N) is 1. The van der Waals surface area contributed by atoms with Crippen molar-refractivity contribution >= 4 is 35.2 Å². The molecular weight excluding hydrogens is 276 g/mol. The maximum Gasteiger partial charge on any atom is 0.149 e. The molecule has 0 unspecified atom stereocenters. The molecule has 0 radical (unpaired) electrons. The van der Waals surface area contributed by atoms with Crippen molar-refractivity contribution in [2.24, 2.45) is 0 Å². The van der Waals surface area contributed by atoms with E-state index in [1.54, 1.807) is 0 Å². The third kappa shape index (κ3) is 1.84. The molecule has 1 nitrogen and oxygen atoms in total. The van der Waals surface area contributed by atoms with Crippen LogP contribution in [0.25, 0.3) is 0 Å². The summed E-state index contributed by atoms with van der Waals surface area (Å²) in [5.74, 6) is -0.368. The maximum absolute atomic E-state index is 12.9. The van der Waals surface area contributed by atoms with Crippen LogP contribution in [0, 0.1) is 20.7 Å². The minimum Gasteiger partial charge on any atom is -0.205 e. The molecule has 0 heterocycles. The fourth-order valence-electron chi connectivity index (χ4n) is 0.639. The van der Waals surface area contributed by atoms with E-state index >= 15 is 0 Å². The quantitative estimate of drug-likeness (QED) is 0.572. The van der Waals surface area contributed by atoms with E-state index in [4.69, 9.17) is 5.26 Å². The lowest BCUT2D eigenvalue weighted by atomic mass is 10.2. The van der Waals surface area contributed by atoms with Gasteiger partial charge in [-0.1, -0.05) is 0 Å². The molecule has 0 atom stereocenters. The van der Waals surface area contributed by atoms with Crippen LogP contribution in [0.5, 0.6) is 0 Å². The fraction of sp³-hybridized carbons (Fsp3) is 0. The summed E-state index contributed by atoms with van der Waals surface area (Å²) in [6.45, 7) is 0. The van der Waals surface area contributed by atoms with Crippen LogP contribution in [-0.4, -0.2) is 0 Å². The van der Waals surface area contributed by atoms with E-state index < -0.39 is 0 Å². The van der Waals surface area contributed by atoms with E-state index in [-0.39, 0.29) is 10.7 Å². The largest absolute Gasteiger partial charge is 0.205 e. The minimum atomic E-state index is -0.368. The summed E-state index contributed by atoms with van der Waals surface area (Å²) in [5, 5.41) is 8.47. The van der Waals surface area contributed by atoms with Crippen molar-refractivity contribution in [2.45, 2.75) is 4.90 Å². The van der Waals surface area contributed by atoms with E-state index in [2.05, 4.69) is 12.6 Å². The molecule has 0 spiro atoms. The van der Waals surface area contributed by atoms with Crippen LogP contribution >= 0.6 is 35.2 Å². The van der Waals surface area contributed by atoms with Gasteiger partial charge >= 0.3 is 0 Å². The fourth-order valence-corrected chi connectivity index (χ4v) is 1.74. The highest BCUT2D eigenvalue weighted by atomic mass is 127. The van der Waals surface area contributed by atoms with Gasteiger partial charge in [-0.25, -0.2) is 4.39 Å². The lowest BCUT2D eigenvalue weighted by Gasteiger charge is -1.97. The van der Waals surface area contributed by atoms with E-state index in [9.17, 15) is 4.39 Å². The Balaban J connectivity index is 3.35. The number of hydrogen-bond donors (Lipinski definition) is 1. The Hall–Kier alpha value is -0.280.